The molecule has 1 nitrogen and oxygen atoms in total. The Morgan fingerprint density at radius 2 is 0.830 bits per heavy atom. The van der Waals surface area contributed by atoms with Gasteiger partial charge in [0.25, 0.3) is 0 Å². The topological polar surface area (TPSA) is 12.9 Å². The highest BCUT2D eigenvalue weighted by Crippen LogP contribution is 2.46. The number of aryl methyl sites for hydroxylation is 1. The number of hydrogen-bond acceptors (Lipinski definition) is 1. The molecule has 0 saturated carbocycles. The monoisotopic (exact) mass is 673 g/mol. The first-order valence-corrected chi connectivity index (χ1v) is 18.3. The Kier molecular flexibility index (Phi) is 7.44. The molecule has 1 aromatic heterocycles. The van der Waals surface area contributed by atoms with Crippen LogP contribution in [0.2, 0.25) is 0 Å². The van der Waals surface area contributed by atoms with E-state index in [4.69, 9.17) is 4.98 Å². The van der Waals surface area contributed by atoms with Crippen LogP contribution in [0.5, 0.6) is 0 Å². The molecule has 0 spiro atoms. The Hall–Kier alpha value is -6.83. The van der Waals surface area contributed by atoms with Crippen molar-refractivity contribution >= 4 is 43.1 Å². The minimum Gasteiger partial charge on any atom is -0.256 e. The molecule has 1 heteroatoms. The van der Waals surface area contributed by atoms with E-state index in [1.165, 1.54) is 82.0 Å². The van der Waals surface area contributed by atoms with E-state index in [2.05, 4.69) is 195 Å². The second-order valence-corrected chi connectivity index (χ2v) is 14.0. The second-order valence-electron chi connectivity index (χ2n) is 14.0. The molecule has 0 amide bonds. The van der Waals surface area contributed by atoms with Gasteiger partial charge >= 0.3 is 0 Å². The summed E-state index contributed by atoms with van der Waals surface area (Å²) in [4.78, 5) is 4.88. The zero-order chi connectivity index (χ0) is 35.3. The maximum Gasteiger partial charge on any atom is 0.0702 e. The van der Waals surface area contributed by atoms with E-state index in [1.807, 2.05) is 6.20 Å². The smallest absolute Gasteiger partial charge is 0.0702 e. The fourth-order valence-corrected chi connectivity index (χ4v) is 8.16. The number of nitrogens with zero attached hydrogens (tertiary/aromatic N) is 1. The molecule has 0 aliphatic carbocycles. The van der Waals surface area contributed by atoms with E-state index in [9.17, 15) is 0 Å². The van der Waals surface area contributed by atoms with E-state index >= 15 is 0 Å². The lowest BCUT2D eigenvalue weighted by Gasteiger charge is -2.19. The first-order chi connectivity index (χ1) is 26.2. The van der Waals surface area contributed by atoms with Crippen LogP contribution in [0.4, 0.5) is 0 Å². The summed E-state index contributed by atoms with van der Waals surface area (Å²) < 4.78 is 0. The van der Waals surface area contributed by atoms with Crippen LogP contribution in [0, 0.1) is 6.92 Å². The molecule has 9 aromatic carbocycles. The molecule has 0 N–H and O–H groups in total. The molecule has 0 saturated heterocycles. The van der Waals surface area contributed by atoms with Crippen LogP contribution in [0.1, 0.15) is 5.56 Å². The van der Waals surface area contributed by atoms with Crippen LogP contribution in [0.3, 0.4) is 0 Å². The van der Waals surface area contributed by atoms with E-state index in [-0.39, 0.29) is 0 Å². The molecule has 0 fully saturated rings. The average Bonchev–Trinajstić information content (AvgIpc) is 3.23. The lowest BCUT2D eigenvalue weighted by atomic mass is 9.84. The number of aromatic nitrogens is 1. The van der Waals surface area contributed by atoms with Gasteiger partial charge in [-0.15, -0.1) is 0 Å². The molecule has 0 atom stereocenters. The summed E-state index contributed by atoms with van der Waals surface area (Å²) in [6.45, 7) is 2.14. The van der Waals surface area contributed by atoms with Crippen LogP contribution in [-0.4, -0.2) is 4.98 Å². The molecule has 53 heavy (non-hydrogen) atoms. The summed E-state index contributed by atoms with van der Waals surface area (Å²) in [7, 11) is 0. The van der Waals surface area contributed by atoms with Crippen LogP contribution in [0.15, 0.2) is 194 Å². The molecule has 0 radical (unpaired) electrons. The first-order valence-electron chi connectivity index (χ1n) is 18.3. The molecule has 0 unspecified atom stereocenters. The fourth-order valence-electron chi connectivity index (χ4n) is 8.16. The van der Waals surface area contributed by atoms with Crippen molar-refractivity contribution in [1.82, 2.24) is 4.98 Å². The van der Waals surface area contributed by atoms with Crippen molar-refractivity contribution in [1.29, 1.82) is 0 Å². The molecule has 0 aliphatic heterocycles. The molecule has 10 aromatic rings. The highest BCUT2D eigenvalue weighted by molar-refractivity contribution is 6.24. The summed E-state index contributed by atoms with van der Waals surface area (Å²) in [5.41, 5.74) is 13.1. The van der Waals surface area contributed by atoms with Crippen LogP contribution < -0.4 is 0 Å². The third kappa shape index (κ3) is 5.37. The van der Waals surface area contributed by atoms with Crippen LogP contribution >= 0.6 is 0 Å². The van der Waals surface area contributed by atoms with Crippen molar-refractivity contribution in [2.24, 2.45) is 0 Å². The minimum absolute atomic E-state index is 0.978. The number of benzene rings is 9. The lowest BCUT2D eigenvalue weighted by Crippen LogP contribution is -1.92. The number of hydrogen-bond donors (Lipinski definition) is 0. The third-order valence-electron chi connectivity index (χ3n) is 10.8. The molecular formula is C52H35N. The summed E-state index contributed by atoms with van der Waals surface area (Å²) >= 11 is 0. The van der Waals surface area contributed by atoms with Gasteiger partial charge in [0.2, 0.25) is 0 Å². The highest BCUT2D eigenvalue weighted by Gasteiger charge is 2.18. The zero-order valence-corrected chi connectivity index (χ0v) is 29.4. The predicted octanol–water partition coefficient (Wildman–Crippen LogP) is 14.3. The summed E-state index contributed by atoms with van der Waals surface area (Å²) in [5.74, 6) is 0. The van der Waals surface area contributed by atoms with Gasteiger partial charge in [0.15, 0.2) is 0 Å². The van der Waals surface area contributed by atoms with Crippen LogP contribution in [0.25, 0.3) is 98.9 Å². The summed E-state index contributed by atoms with van der Waals surface area (Å²) in [5, 5.41) is 10.0. The van der Waals surface area contributed by atoms with Crippen molar-refractivity contribution < 1.29 is 0 Å². The normalized spacial score (nSPS) is 11.5. The molecule has 0 bridgehead atoms. The van der Waals surface area contributed by atoms with E-state index in [0.717, 1.165) is 22.4 Å². The standard InChI is InChI=1S/C52H35N/c1-34-20-22-37(23-21-34)42-16-8-18-44-43(42)17-9-19-45(44)52-48-14-6-4-12-46(48)51(47-13-5-7-15-49(47)52)38-27-24-36(25-28-38)41-30-31-50(53-33-41)40-29-26-35-10-2-3-11-39(35)32-40/h2-33H,1H3. The van der Waals surface area contributed by atoms with Crippen LogP contribution in [-0.2, 0) is 0 Å². The highest BCUT2D eigenvalue weighted by atomic mass is 14.7. The summed E-state index contributed by atoms with van der Waals surface area (Å²) in [6.07, 6.45) is 1.99. The second kappa shape index (κ2) is 12.7. The number of fused-ring (bicyclic) bond motifs is 4. The van der Waals surface area contributed by atoms with Gasteiger partial charge in [0, 0.05) is 17.3 Å². The van der Waals surface area contributed by atoms with E-state index < -0.39 is 0 Å². The minimum atomic E-state index is 0.978. The lowest BCUT2D eigenvalue weighted by molar-refractivity contribution is 1.33. The molecule has 1 heterocycles. The number of pyridine rings is 1. The third-order valence-corrected chi connectivity index (χ3v) is 10.8. The van der Waals surface area contributed by atoms with Crippen molar-refractivity contribution in [2.45, 2.75) is 6.92 Å². The van der Waals surface area contributed by atoms with Crippen molar-refractivity contribution in [3.8, 4) is 55.8 Å². The van der Waals surface area contributed by atoms with E-state index in [1.54, 1.807) is 0 Å². The van der Waals surface area contributed by atoms with Crippen molar-refractivity contribution in [3.05, 3.63) is 200 Å². The van der Waals surface area contributed by atoms with Crippen molar-refractivity contribution in [2.75, 3.05) is 0 Å². The Labute approximate surface area is 309 Å². The number of rotatable bonds is 5. The van der Waals surface area contributed by atoms with Gasteiger partial charge < -0.3 is 0 Å². The van der Waals surface area contributed by atoms with Gasteiger partial charge in [-0.1, -0.05) is 181 Å². The van der Waals surface area contributed by atoms with Gasteiger partial charge in [0.1, 0.15) is 0 Å². The SMILES string of the molecule is Cc1ccc(-c2cccc3c(-c4c5ccccc5c(-c5ccc(-c6ccc(-c7ccc8ccccc8c7)nc6)cc5)c5ccccc45)cccc23)cc1. The largest absolute Gasteiger partial charge is 0.256 e. The van der Waals surface area contributed by atoms with Crippen molar-refractivity contribution in [3.63, 3.8) is 0 Å². The maximum absolute atomic E-state index is 4.88. The van der Waals surface area contributed by atoms with Gasteiger partial charge in [-0.05, 0) is 101 Å². The Bertz CT molecular complexity index is 2910. The maximum atomic E-state index is 4.88. The first kappa shape index (κ1) is 30.9. The Balaban J connectivity index is 1.08. The molecule has 0 aliphatic rings. The molecule has 248 valence electrons. The summed E-state index contributed by atoms with van der Waals surface area (Å²) in [6, 6.07) is 68.5. The fraction of sp³-hybridized carbons (Fsp3) is 0.0192. The van der Waals surface area contributed by atoms with Gasteiger partial charge in [0.05, 0.1) is 5.69 Å². The van der Waals surface area contributed by atoms with E-state index in [0.29, 0.717) is 0 Å². The molecular weight excluding hydrogens is 639 g/mol. The molecule has 10 rings (SSSR count). The Morgan fingerprint density at radius 3 is 1.49 bits per heavy atom. The average molecular weight is 674 g/mol. The van der Waals surface area contributed by atoms with Gasteiger partial charge in [-0.3, -0.25) is 4.98 Å². The van der Waals surface area contributed by atoms with Gasteiger partial charge in [-0.2, -0.15) is 0 Å². The quantitative estimate of drug-likeness (QED) is 0.166. The predicted molar refractivity (Wildman–Crippen MR) is 226 cm³/mol. The Morgan fingerprint density at radius 1 is 0.321 bits per heavy atom. The van der Waals surface area contributed by atoms with Gasteiger partial charge in [-0.25, -0.2) is 0 Å². The zero-order valence-electron chi connectivity index (χ0n) is 29.4.